The summed E-state index contributed by atoms with van der Waals surface area (Å²) < 4.78 is 4.99. The maximum Gasteiger partial charge on any atom is 0.0617 e. The lowest BCUT2D eigenvalue weighted by atomic mass is 9.99. The summed E-state index contributed by atoms with van der Waals surface area (Å²) in [5.41, 5.74) is 11.6. The number of hydrogen-bond donors (Lipinski definition) is 0. The largest absolute Gasteiger partial charge is 0.311 e. The minimum Gasteiger partial charge on any atom is -0.311 e. The third kappa shape index (κ3) is 4.33. The second-order valence-corrected chi connectivity index (χ2v) is 13.6. The molecule has 1 unspecified atom stereocenters. The van der Waals surface area contributed by atoms with Gasteiger partial charge in [-0.25, -0.2) is 0 Å². The Bertz CT molecular complexity index is 2540. The molecule has 2 aromatic heterocycles. The highest BCUT2D eigenvalue weighted by atomic mass is 32.2. The first-order valence-corrected chi connectivity index (χ1v) is 17.8. The number of allylic oxidation sites excluding steroid dienone is 3. The number of fused-ring (bicyclic) bond motifs is 10. The molecular weight excluding hydrogens is 589 g/mol. The Labute approximate surface area is 279 Å². The van der Waals surface area contributed by atoms with Gasteiger partial charge in [0, 0.05) is 48.6 Å². The normalized spacial score (nSPS) is 16.1. The summed E-state index contributed by atoms with van der Waals surface area (Å²) >= 11 is 2.00. The van der Waals surface area contributed by atoms with Gasteiger partial charge >= 0.3 is 0 Å². The minimum atomic E-state index is 0.373. The molecule has 0 spiro atoms. The monoisotopic (exact) mass is 624 g/mol. The van der Waals surface area contributed by atoms with E-state index < -0.39 is 0 Å². The molecule has 0 radical (unpaired) electrons. The molecule has 0 fully saturated rings. The van der Waals surface area contributed by atoms with Crippen molar-refractivity contribution in [2.45, 2.75) is 43.3 Å². The Hall–Kier alpha value is -4.99. The highest BCUT2D eigenvalue weighted by molar-refractivity contribution is 8.00. The van der Waals surface area contributed by atoms with E-state index >= 15 is 0 Å². The second-order valence-electron chi connectivity index (χ2n) is 12.3. The van der Waals surface area contributed by atoms with Crippen LogP contribution in [0.15, 0.2) is 132 Å². The Kier molecular flexibility index (Phi) is 6.83. The van der Waals surface area contributed by atoms with Gasteiger partial charge < -0.3 is 9.13 Å². The van der Waals surface area contributed by atoms with E-state index in [-0.39, 0.29) is 0 Å². The molecular formula is C44H36N2S. The van der Waals surface area contributed by atoms with Gasteiger partial charge in [0.1, 0.15) is 0 Å². The van der Waals surface area contributed by atoms with Crippen molar-refractivity contribution < 1.29 is 0 Å². The molecule has 1 aliphatic heterocycles. The zero-order valence-corrected chi connectivity index (χ0v) is 27.6. The predicted molar refractivity (Wildman–Crippen MR) is 204 cm³/mol. The Morgan fingerprint density at radius 2 is 1.36 bits per heavy atom. The van der Waals surface area contributed by atoms with Gasteiger partial charge in [0.2, 0.25) is 0 Å². The molecule has 3 heterocycles. The number of para-hydroxylation sites is 2. The minimum absolute atomic E-state index is 0.373. The molecule has 2 nitrogen and oxygen atoms in total. The molecule has 0 saturated carbocycles. The van der Waals surface area contributed by atoms with Gasteiger partial charge in [-0.15, -0.1) is 11.8 Å². The summed E-state index contributed by atoms with van der Waals surface area (Å²) in [5, 5.41) is 7.01. The number of nitrogens with zero attached hydrogens (tertiary/aromatic N) is 2. The standard InChI is InChI=1S/C42H30N2S.C2H6/c1-2-11-29(12-3-1)43-36-17-6-4-13-30(36)34-25-27(21-23-37(34)43)28-22-24-38-35(26-28)33-16-10-15-32-31-14-5-8-19-40(31)45-41-20-9-7-18-39(41)44(38)42(32)33;1-2/h1-3,5,7-19,21-26,41H,4,6,20H2;1-2H3. The topological polar surface area (TPSA) is 9.86 Å². The van der Waals surface area contributed by atoms with Crippen LogP contribution < -0.4 is 10.6 Å². The molecule has 10 rings (SSSR count). The molecule has 5 aromatic carbocycles. The summed E-state index contributed by atoms with van der Waals surface area (Å²) in [6.45, 7) is 4.00. The zero-order chi connectivity index (χ0) is 31.5. The fourth-order valence-electron chi connectivity index (χ4n) is 7.84. The van der Waals surface area contributed by atoms with Gasteiger partial charge in [0.15, 0.2) is 0 Å². The van der Waals surface area contributed by atoms with Crippen LogP contribution in [0.1, 0.15) is 33.1 Å². The molecule has 0 saturated heterocycles. The third-order valence-corrected chi connectivity index (χ3v) is 11.1. The summed E-state index contributed by atoms with van der Waals surface area (Å²) in [7, 11) is 0. The Balaban J connectivity index is 0.00000149. The molecule has 0 bridgehead atoms. The van der Waals surface area contributed by atoms with E-state index in [2.05, 4.69) is 149 Å². The number of hydrogen-bond acceptors (Lipinski definition) is 1. The summed E-state index contributed by atoms with van der Waals surface area (Å²) in [4.78, 5) is 1.36. The highest BCUT2D eigenvalue weighted by Gasteiger charge is 2.28. The summed E-state index contributed by atoms with van der Waals surface area (Å²) in [6, 6.07) is 40.7. The van der Waals surface area contributed by atoms with Crippen LogP contribution in [0.3, 0.4) is 0 Å². The van der Waals surface area contributed by atoms with E-state index in [4.69, 9.17) is 0 Å². The smallest absolute Gasteiger partial charge is 0.0617 e. The van der Waals surface area contributed by atoms with Crippen LogP contribution in [0.4, 0.5) is 0 Å². The average molecular weight is 625 g/mol. The van der Waals surface area contributed by atoms with Crippen LogP contribution in [-0.2, 0) is 0 Å². The number of thioether (sulfide) groups is 1. The van der Waals surface area contributed by atoms with Crippen LogP contribution in [-0.4, -0.2) is 14.4 Å². The van der Waals surface area contributed by atoms with Gasteiger partial charge in [0.05, 0.1) is 21.8 Å². The van der Waals surface area contributed by atoms with Crippen LogP contribution in [0.2, 0.25) is 0 Å². The molecule has 228 valence electrons. The fraction of sp³-hybridized carbons (Fsp3) is 0.136. The van der Waals surface area contributed by atoms with E-state index in [9.17, 15) is 0 Å². The average Bonchev–Trinajstić information content (AvgIpc) is 3.65. The molecule has 7 aromatic rings. The number of aromatic nitrogens is 2. The molecule has 0 N–H and O–H groups in total. The van der Waals surface area contributed by atoms with Crippen molar-refractivity contribution >= 4 is 62.3 Å². The maximum absolute atomic E-state index is 2.56. The Morgan fingerprint density at radius 1 is 0.638 bits per heavy atom. The van der Waals surface area contributed by atoms with E-state index in [1.165, 1.54) is 81.8 Å². The van der Waals surface area contributed by atoms with Gasteiger partial charge in [-0.1, -0.05) is 105 Å². The van der Waals surface area contributed by atoms with Crippen LogP contribution in [0.25, 0.3) is 78.5 Å². The second kappa shape index (κ2) is 11.4. The highest BCUT2D eigenvalue weighted by Crippen LogP contribution is 2.48. The Morgan fingerprint density at radius 3 is 2.21 bits per heavy atom. The third-order valence-electron chi connectivity index (χ3n) is 9.82. The molecule has 3 aliphatic rings. The molecule has 47 heavy (non-hydrogen) atoms. The lowest BCUT2D eigenvalue weighted by molar-refractivity contribution is 0.992. The maximum atomic E-state index is 2.56. The van der Waals surface area contributed by atoms with Crippen molar-refractivity contribution in [3.63, 3.8) is 0 Å². The number of benzene rings is 5. The quantitative estimate of drug-likeness (QED) is 0.186. The molecule has 0 amide bonds. The van der Waals surface area contributed by atoms with Gasteiger partial charge in [0.25, 0.3) is 0 Å². The zero-order valence-electron chi connectivity index (χ0n) is 26.8. The van der Waals surface area contributed by atoms with Crippen LogP contribution in [0.5, 0.6) is 0 Å². The van der Waals surface area contributed by atoms with Crippen LogP contribution in [0, 0.1) is 0 Å². The fourth-order valence-corrected chi connectivity index (χ4v) is 9.12. The van der Waals surface area contributed by atoms with Crippen molar-refractivity contribution in [3.8, 4) is 27.9 Å². The number of rotatable bonds is 2. The first-order chi connectivity index (χ1) is 23.3. The van der Waals surface area contributed by atoms with Gasteiger partial charge in [-0.3, -0.25) is 0 Å². The predicted octanol–water partition coefficient (Wildman–Crippen LogP) is 10.7. The van der Waals surface area contributed by atoms with Gasteiger partial charge in [-0.2, -0.15) is 0 Å². The van der Waals surface area contributed by atoms with E-state index in [0.29, 0.717) is 5.25 Å². The molecule has 2 aliphatic carbocycles. The lowest BCUT2D eigenvalue weighted by Gasteiger charge is -2.28. The molecule has 1 atom stereocenters. The first-order valence-electron chi connectivity index (χ1n) is 16.9. The van der Waals surface area contributed by atoms with Crippen molar-refractivity contribution in [2.75, 3.05) is 0 Å². The van der Waals surface area contributed by atoms with Crippen LogP contribution >= 0.6 is 11.8 Å². The molecule has 3 heteroatoms. The van der Waals surface area contributed by atoms with E-state index in [1.54, 1.807) is 0 Å². The van der Waals surface area contributed by atoms with E-state index in [0.717, 1.165) is 19.3 Å². The lowest BCUT2D eigenvalue weighted by Crippen LogP contribution is -2.30. The first kappa shape index (κ1) is 28.3. The van der Waals surface area contributed by atoms with Crippen molar-refractivity contribution in [1.29, 1.82) is 0 Å². The van der Waals surface area contributed by atoms with Crippen molar-refractivity contribution in [1.82, 2.24) is 9.13 Å². The summed E-state index contributed by atoms with van der Waals surface area (Å²) in [5.74, 6) is 0. The van der Waals surface area contributed by atoms with Crippen molar-refractivity contribution in [3.05, 3.63) is 138 Å². The van der Waals surface area contributed by atoms with Gasteiger partial charge in [-0.05, 0) is 84.5 Å². The van der Waals surface area contributed by atoms with E-state index in [1.807, 2.05) is 25.6 Å². The SMILES string of the molecule is C1=CCC2Sc3ccccc3-c3cccc4c5cc(-c6ccc7c(c6)c6c(n7-c7ccccc7)=CCCC=6)ccc5n(c34)C2=C1.CC. The van der Waals surface area contributed by atoms with Crippen molar-refractivity contribution in [2.24, 2.45) is 0 Å². The summed E-state index contributed by atoms with van der Waals surface area (Å²) in [6.07, 6.45) is 14.9.